The Morgan fingerprint density at radius 1 is 0.812 bits per heavy atom. The number of hydrogen-bond acceptors (Lipinski definition) is 21. The Hall–Kier alpha value is -3.49. The molecule has 7 N–H and O–H groups in total. The minimum atomic E-state index is -2.40. The normalized spacial score (nSPS) is 44.1. The Morgan fingerprint density at radius 3 is 2.15 bits per heavy atom. The lowest BCUT2D eigenvalue weighted by Gasteiger charge is -2.52. The smallest absolute Gasteiger partial charge is 0.308 e. The molecule has 0 aromatic carbocycles. The molecular weight excluding hydrogens is 1130 g/mol. The minimum Gasteiger partial charge on any atom is -0.462 e. The molecule has 7 heterocycles. The molecule has 24 atom stereocenters. The number of fused-ring (bicyclic) bond motifs is 8. The third kappa shape index (κ3) is 18.1. The topological polar surface area (TPSA) is 302 Å². The summed E-state index contributed by atoms with van der Waals surface area (Å²) in [5, 5.41) is 82.6. The van der Waals surface area contributed by atoms with E-state index in [0.29, 0.717) is 43.3 Å². The molecule has 85 heavy (non-hydrogen) atoms. The van der Waals surface area contributed by atoms with Gasteiger partial charge in [0.25, 0.3) is 0 Å². The summed E-state index contributed by atoms with van der Waals surface area (Å²) < 4.78 is 63.4. The van der Waals surface area contributed by atoms with E-state index in [1.807, 2.05) is 12.2 Å². The number of esters is 3. The van der Waals surface area contributed by atoms with E-state index >= 15 is 0 Å². The number of aliphatic hydroxyl groups is 7. The number of allylic oxidation sites excluding steroid dienone is 3. The Kier molecular flexibility index (Phi) is 23.5. The van der Waals surface area contributed by atoms with E-state index in [1.165, 1.54) is 26.0 Å². The number of aliphatic hydroxyl groups excluding tert-OH is 5. The van der Waals surface area contributed by atoms with Crippen LogP contribution in [0.2, 0.25) is 0 Å². The zero-order valence-electron chi connectivity index (χ0n) is 50.7. The highest BCUT2D eigenvalue weighted by atomic mass is 35.5. The van der Waals surface area contributed by atoms with E-state index in [-0.39, 0.29) is 81.1 Å². The lowest BCUT2D eigenvalue weighted by molar-refractivity contribution is -0.351. The van der Waals surface area contributed by atoms with Gasteiger partial charge in [-0.3, -0.25) is 19.2 Å². The Morgan fingerprint density at radius 2 is 1.47 bits per heavy atom. The van der Waals surface area contributed by atoms with Crippen LogP contribution in [0.5, 0.6) is 0 Å². The second kappa shape index (κ2) is 29.0. The molecule has 7 aliphatic rings. The number of hydrogen-bond donors (Lipinski definition) is 7. The fraction of sp³-hybridized carbons (Fsp3) is 0.778. The molecule has 22 heteroatoms. The van der Waals surface area contributed by atoms with Gasteiger partial charge in [0, 0.05) is 108 Å². The lowest BCUT2D eigenvalue weighted by atomic mass is 9.78. The molecule has 10 bridgehead atoms. The largest absolute Gasteiger partial charge is 0.462 e. The molecule has 7 aliphatic heterocycles. The van der Waals surface area contributed by atoms with Crippen LogP contribution in [0.25, 0.3) is 0 Å². The quantitative estimate of drug-likeness (QED) is 0.0611. The molecule has 0 saturated carbocycles. The van der Waals surface area contributed by atoms with Crippen LogP contribution >= 0.6 is 11.6 Å². The van der Waals surface area contributed by atoms with E-state index in [4.69, 9.17) is 59.0 Å². The third-order valence-electron chi connectivity index (χ3n) is 18.3. The molecule has 0 aromatic heterocycles. The van der Waals surface area contributed by atoms with E-state index in [9.17, 15) is 54.9 Å². The summed E-state index contributed by atoms with van der Waals surface area (Å²) in [5.41, 5.74) is -0.508. The van der Waals surface area contributed by atoms with E-state index in [0.717, 1.165) is 0 Å². The van der Waals surface area contributed by atoms with Gasteiger partial charge >= 0.3 is 17.9 Å². The minimum absolute atomic E-state index is 0.00321. The second-order valence-corrected chi connectivity index (χ2v) is 26.4. The summed E-state index contributed by atoms with van der Waals surface area (Å²) in [6.07, 6.45) is -8.69. The SMILES string of the molecule is C=C(Cl)C=C[C@@H](O)CC(=C)C[C@H]1O[C@@H]2[C@H](C)[C@@H](OC(=O)C[C@H]3C[C@H](OC(C)=O)C[C@@]4(C[C@@](C)(O)C[C@H](CC(=C)[C@@H](C)[C@H](OC(C)=O)[C@H](C)C(=O)C[C@@H]5C[C@H](OC)C[C@@]6(C[C@@H](O)C[C@H](C=CCCC[C@H]7O[C@](O)(C[C@H](O)[C@H]7C)[C@H]2O)O6)O5)O4)O3)[C@@H]1O. The van der Waals surface area contributed by atoms with Crippen LogP contribution in [0.4, 0.5) is 0 Å². The van der Waals surface area contributed by atoms with Gasteiger partial charge in [-0.25, -0.2) is 0 Å². The van der Waals surface area contributed by atoms with E-state index in [1.54, 1.807) is 41.7 Å². The molecule has 0 radical (unpaired) electrons. The predicted octanol–water partition coefficient (Wildman–Crippen LogP) is 5.91. The summed E-state index contributed by atoms with van der Waals surface area (Å²) in [4.78, 5) is 54.3. The Labute approximate surface area is 505 Å². The van der Waals surface area contributed by atoms with Crippen molar-refractivity contribution in [1.29, 1.82) is 0 Å². The summed E-state index contributed by atoms with van der Waals surface area (Å²) in [7, 11) is 1.57. The first kappa shape index (κ1) is 69.0. The number of halogens is 1. The van der Waals surface area contributed by atoms with Crippen molar-refractivity contribution < 1.29 is 102 Å². The molecule has 6 saturated heterocycles. The van der Waals surface area contributed by atoms with Gasteiger partial charge < -0.3 is 83.1 Å². The molecule has 0 unspecified atom stereocenters. The number of carbonyl (C=O) groups excluding carboxylic acids is 4. The van der Waals surface area contributed by atoms with Gasteiger partial charge in [0.05, 0.1) is 85.1 Å². The van der Waals surface area contributed by atoms with Gasteiger partial charge in [-0.15, -0.1) is 0 Å². The second-order valence-electron chi connectivity index (χ2n) is 25.9. The van der Waals surface area contributed by atoms with Gasteiger partial charge in [-0.1, -0.05) is 88.4 Å². The van der Waals surface area contributed by atoms with Crippen molar-refractivity contribution in [3.8, 4) is 0 Å². The average Bonchev–Trinajstić information content (AvgIpc) is 1.35. The van der Waals surface area contributed by atoms with Crippen molar-refractivity contribution >= 4 is 35.3 Å². The van der Waals surface area contributed by atoms with Gasteiger partial charge in [0.2, 0.25) is 0 Å². The maximum atomic E-state index is 14.5. The van der Waals surface area contributed by atoms with Crippen molar-refractivity contribution in [1.82, 2.24) is 0 Å². The van der Waals surface area contributed by atoms with Crippen LogP contribution in [0.15, 0.2) is 60.2 Å². The molecule has 21 nitrogen and oxygen atoms in total. The maximum Gasteiger partial charge on any atom is 0.308 e. The molecule has 2 spiro atoms. The zero-order chi connectivity index (χ0) is 62.5. The number of methoxy groups -OCH3 is 1. The number of rotatable bonds is 9. The third-order valence-corrected chi connectivity index (χ3v) is 18.4. The molecule has 0 aliphatic carbocycles. The maximum absolute atomic E-state index is 14.5. The van der Waals surface area contributed by atoms with Gasteiger partial charge in [-0.2, -0.15) is 0 Å². The monoisotopic (exact) mass is 1220 g/mol. The number of Topliss-reactive ketones (excluding diaryl/α,β-unsaturated/α-hetero) is 1. The van der Waals surface area contributed by atoms with Crippen molar-refractivity contribution in [3.63, 3.8) is 0 Å². The van der Waals surface area contributed by atoms with Crippen molar-refractivity contribution in [3.05, 3.63) is 60.2 Å². The fourth-order valence-electron chi connectivity index (χ4n) is 14.1. The van der Waals surface area contributed by atoms with Crippen LogP contribution < -0.4 is 0 Å². The van der Waals surface area contributed by atoms with E-state index in [2.05, 4.69) is 19.7 Å². The molecular formula is C63H95ClO21. The van der Waals surface area contributed by atoms with Crippen LogP contribution in [-0.4, -0.2) is 187 Å². The molecule has 0 aromatic rings. The predicted molar refractivity (Wildman–Crippen MR) is 308 cm³/mol. The number of ether oxygens (including phenoxy) is 10. The van der Waals surface area contributed by atoms with Gasteiger partial charge in [-0.05, 0) is 51.5 Å². The van der Waals surface area contributed by atoms with Crippen molar-refractivity contribution in [2.45, 2.75) is 278 Å². The van der Waals surface area contributed by atoms with Crippen LogP contribution in [0.1, 0.15) is 158 Å². The number of carbonyl (C=O) groups is 4. The first-order chi connectivity index (χ1) is 39.8. The highest BCUT2D eigenvalue weighted by molar-refractivity contribution is 6.30. The summed E-state index contributed by atoms with van der Waals surface area (Å²) in [5.74, 6) is -10.7. The molecule has 7 rings (SSSR count). The summed E-state index contributed by atoms with van der Waals surface area (Å²) in [6.45, 7) is 23.1. The van der Waals surface area contributed by atoms with Crippen LogP contribution in [-0.2, 0) is 66.5 Å². The molecule has 480 valence electrons. The molecule has 0 amide bonds. The zero-order valence-corrected chi connectivity index (χ0v) is 51.5. The molecule has 6 fully saturated rings. The van der Waals surface area contributed by atoms with Gasteiger partial charge in [0.1, 0.15) is 36.3 Å². The first-order valence-corrected chi connectivity index (χ1v) is 30.7. The number of ketones is 1. The van der Waals surface area contributed by atoms with Crippen LogP contribution in [0.3, 0.4) is 0 Å². The fourth-order valence-corrected chi connectivity index (χ4v) is 14.2. The highest BCUT2D eigenvalue weighted by Crippen LogP contribution is 2.48. The van der Waals surface area contributed by atoms with Crippen LogP contribution in [0, 0.1) is 23.7 Å². The first-order valence-electron chi connectivity index (χ1n) is 30.3. The summed E-state index contributed by atoms with van der Waals surface area (Å²) >= 11 is 5.89. The Balaban J connectivity index is 1.22. The highest BCUT2D eigenvalue weighted by Gasteiger charge is 2.58. The van der Waals surface area contributed by atoms with Crippen molar-refractivity contribution in [2.75, 3.05) is 7.11 Å². The van der Waals surface area contributed by atoms with Gasteiger partial charge in [0.15, 0.2) is 17.4 Å². The summed E-state index contributed by atoms with van der Waals surface area (Å²) in [6, 6.07) is 0. The van der Waals surface area contributed by atoms with Crippen molar-refractivity contribution in [2.24, 2.45) is 23.7 Å². The Bertz CT molecular complexity index is 2430. The lowest BCUT2D eigenvalue weighted by Crippen LogP contribution is -2.65. The average molecular weight is 1220 g/mol. The van der Waals surface area contributed by atoms with E-state index < -0.39 is 169 Å². The standard InChI is InChI=1S/C63H95ClO21/c1-33(19-42(67)18-17-35(3)64)20-53-55(72)57-39(7)58(79-53)59(73)63(75)31-51(70)37(5)52(85-63)16-14-12-13-15-44-22-43(68)27-61(81-44)29-47(76-11)23-45(82-61)25-50(69)38(6)56(78-41(9)66)36(4)34(2)21-49-28-60(10,74)32-62(84-49)30-48(77-40(8)65)24-46(83-62)26-54(71)80-57/h13,15,17-18,36-39,42-49,51-53,55-59,67-68,70,72-75H,1-3,12,14,16,19-32H2,4-11H3/t36-,37-,38-,39-,42-,43+,44+,45+,46-,47+,48+,49+,51+,52-,53-,55-,56+,57-,58-,59+,60+,61-,62-,63-/m1/s1.